The van der Waals surface area contributed by atoms with Crippen LogP contribution in [0.5, 0.6) is 0 Å². The van der Waals surface area contributed by atoms with Crippen LogP contribution in [0.3, 0.4) is 0 Å². The quantitative estimate of drug-likeness (QED) is 0.644. The van der Waals surface area contributed by atoms with Crippen molar-refractivity contribution < 1.29 is 0 Å². The van der Waals surface area contributed by atoms with E-state index < -0.39 is 0 Å². The van der Waals surface area contributed by atoms with Crippen LogP contribution in [-0.4, -0.2) is 0 Å². The second kappa shape index (κ2) is 4.46. The standard InChI is InChI=1S/C11H10Cl2S2/c1-6-5-9(15-11(6)13)10(12)8-4-3-7(2)14-8/h3-5,10H,1-2H3. The molecule has 0 fully saturated rings. The molecule has 0 saturated carbocycles. The molecule has 0 N–H and O–H groups in total. The maximum atomic E-state index is 6.39. The van der Waals surface area contributed by atoms with Gasteiger partial charge < -0.3 is 0 Å². The Bertz CT molecular complexity index is 451. The van der Waals surface area contributed by atoms with Crippen molar-refractivity contribution in [1.29, 1.82) is 0 Å². The molecule has 0 nitrogen and oxygen atoms in total. The first kappa shape index (κ1) is 11.5. The van der Waals surface area contributed by atoms with Gasteiger partial charge in [0, 0.05) is 14.6 Å². The molecule has 1 atom stereocenters. The molecule has 0 aliphatic heterocycles. The average molecular weight is 277 g/mol. The number of thiophene rings is 2. The Morgan fingerprint density at radius 3 is 2.33 bits per heavy atom. The van der Waals surface area contributed by atoms with E-state index in [1.165, 1.54) is 9.75 Å². The minimum Gasteiger partial charge on any atom is -0.144 e. The van der Waals surface area contributed by atoms with Crippen molar-refractivity contribution >= 4 is 45.9 Å². The van der Waals surface area contributed by atoms with Crippen molar-refractivity contribution in [3.63, 3.8) is 0 Å². The molecule has 0 saturated heterocycles. The lowest BCUT2D eigenvalue weighted by Gasteiger charge is -2.02. The summed E-state index contributed by atoms with van der Waals surface area (Å²) in [4.78, 5) is 3.60. The van der Waals surface area contributed by atoms with Gasteiger partial charge in [0.1, 0.15) is 5.38 Å². The van der Waals surface area contributed by atoms with Crippen LogP contribution in [0.25, 0.3) is 0 Å². The fourth-order valence-corrected chi connectivity index (χ4v) is 3.91. The van der Waals surface area contributed by atoms with Crippen molar-refractivity contribution in [1.82, 2.24) is 0 Å². The first-order valence-corrected chi connectivity index (χ1v) is 6.99. The summed E-state index contributed by atoms with van der Waals surface area (Å²) >= 11 is 15.7. The summed E-state index contributed by atoms with van der Waals surface area (Å²) < 4.78 is 0.837. The van der Waals surface area contributed by atoms with Crippen molar-refractivity contribution in [3.8, 4) is 0 Å². The first-order valence-electron chi connectivity index (χ1n) is 4.54. The molecule has 4 heteroatoms. The van der Waals surface area contributed by atoms with Crippen molar-refractivity contribution in [2.75, 3.05) is 0 Å². The normalized spacial score (nSPS) is 13.1. The highest BCUT2D eigenvalue weighted by Gasteiger charge is 2.16. The van der Waals surface area contributed by atoms with Crippen molar-refractivity contribution in [2.45, 2.75) is 19.2 Å². The lowest BCUT2D eigenvalue weighted by atomic mass is 10.2. The van der Waals surface area contributed by atoms with Crippen LogP contribution >= 0.6 is 45.9 Å². The van der Waals surface area contributed by atoms with E-state index in [2.05, 4.69) is 25.1 Å². The first-order chi connectivity index (χ1) is 7.08. The molecule has 15 heavy (non-hydrogen) atoms. The summed E-state index contributed by atoms with van der Waals surface area (Å²) in [6, 6.07) is 6.25. The Kier molecular flexibility index (Phi) is 3.41. The van der Waals surface area contributed by atoms with Crippen LogP contribution in [0.4, 0.5) is 0 Å². The second-order valence-corrected chi connectivity index (χ2v) is 6.86. The molecule has 2 rings (SSSR count). The third-order valence-corrected chi connectivity index (χ3v) is 5.55. The Morgan fingerprint density at radius 2 is 1.87 bits per heavy atom. The molecule has 0 bridgehead atoms. The van der Waals surface area contributed by atoms with Gasteiger partial charge in [-0.05, 0) is 37.6 Å². The molecular weight excluding hydrogens is 267 g/mol. The highest BCUT2D eigenvalue weighted by Crippen LogP contribution is 2.39. The topological polar surface area (TPSA) is 0 Å². The summed E-state index contributed by atoms with van der Waals surface area (Å²) in [5.41, 5.74) is 1.11. The fourth-order valence-electron chi connectivity index (χ4n) is 1.34. The Morgan fingerprint density at radius 1 is 1.13 bits per heavy atom. The molecule has 0 radical (unpaired) electrons. The molecule has 2 aromatic rings. The maximum absolute atomic E-state index is 6.39. The van der Waals surface area contributed by atoms with Crippen LogP contribution in [-0.2, 0) is 0 Å². The molecule has 0 amide bonds. The van der Waals surface area contributed by atoms with Gasteiger partial charge in [0.15, 0.2) is 0 Å². The number of aryl methyl sites for hydroxylation is 2. The Hall–Kier alpha value is -0.0200. The summed E-state index contributed by atoms with van der Waals surface area (Å²) in [5.74, 6) is 0. The lowest BCUT2D eigenvalue weighted by Crippen LogP contribution is -1.84. The van der Waals surface area contributed by atoms with Crippen molar-refractivity contribution in [2.24, 2.45) is 0 Å². The van der Waals surface area contributed by atoms with E-state index in [0.29, 0.717) is 0 Å². The van der Waals surface area contributed by atoms with E-state index in [9.17, 15) is 0 Å². The third-order valence-electron chi connectivity index (χ3n) is 2.14. The van der Waals surface area contributed by atoms with E-state index in [-0.39, 0.29) is 5.38 Å². The summed E-state index contributed by atoms with van der Waals surface area (Å²) in [6.07, 6.45) is 0. The van der Waals surface area contributed by atoms with E-state index in [0.717, 1.165) is 14.8 Å². The highest BCUT2D eigenvalue weighted by atomic mass is 35.5. The zero-order chi connectivity index (χ0) is 11.0. The number of alkyl halides is 1. The van der Waals surface area contributed by atoms with Crippen LogP contribution < -0.4 is 0 Å². The van der Waals surface area contributed by atoms with Crippen LogP contribution in [0, 0.1) is 13.8 Å². The number of hydrogen-bond donors (Lipinski definition) is 0. The van der Waals surface area contributed by atoms with E-state index in [1.807, 2.05) is 6.92 Å². The molecule has 0 spiro atoms. The van der Waals surface area contributed by atoms with E-state index in [4.69, 9.17) is 23.2 Å². The van der Waals surface area contributed by atoms with Crippen LogP contribution in [0.15, 0.2) is 18.2 Å². The van der Waals surface area contributed by atoms with Gasteiger partial charge in [0.25, 0.3) is 0 Å². The minimum absolute atomic E-state index is 0.0556. The van der Waals surface area contributed by atoms with Gasteiger partial charge in [-0.2, -0.15) is 0 Å². The summed E-state index contributed by atoms with van der Waals surface area (Å²) in [5, 5.41) is -0.0556. The predicted octanol–water partition coefficient (Wildman–Crippen LogP) is 5.41. The van der Waals surface area contributed by atoms with Crippen molar-refractivity contribution in [3.05, 3.63) is 42.7 Å². The molecule has 1 unspecified atom stereocenters. The summed E-state index contributed by atoms with van der Waals surface area (Å²) in [7, 11) is 0. The largest absolute Gasteiger partial charge is 0.144 e. The molecular formula is C11H10Cl2S2. The monoisotopic (exact) mass is 276 g/mol. The highest BCUT2D eigenvalue weighted by molar-refractivity contribution is 7.17. The molecule has 0 aliphatic rings. The van der Waals surface area contributed by atoms with Gasteiger partial charge in [-0.1, -0.05) is 11.6 Å². The fraction of sp³-hybridized carbons (Fsp3) is 0.273. The summed E-state index contributed by atoms with van der Waals surface area (Å²) in [6.45, 7) is 4.09. The average Bonchev–Trinajstić information content (AvgIpc) is 2.74. The smallest absolute Gasteiger partial charge is 0.102 e. The molecule has 0 aliphatic carbocycles. The van der Waals surface area contributed by atoms with Gasteiger partial charge in [-0.3, -0.25) is 0 Å². The van der Waals surface area contributed by atoms with Gasteiger partial charge in [-0.15, -0.1) is 34.3 Å². The zero-order valence-corrected chi connectivity index (χ0v) is 11.5. The van der Waals surface area contributed by atoms with Gasteiger partial charge >= 0.3 is 0 Å². The Balaban J connectivity index is 2.31. The SMILES string of the molecule is Cc1ccc(C(Cl)c2cc(C)c(Cl)s2)s1. The number of hydrogen-bond acceptors (Lipinski definition) is 2. The maximum Gasteiger partial charge on any atom is 0.102 e. The molecule has 0 aromatic carbocycles. The van der Waals surface area contributed by atoms with E-state index >= 15 is 0 Å². The number of halogens is 2. The van der Waals surface area contributed by atoms with Gasteiger partial charge in [0.05, 0.1) is 4.34 Å². The minimum atomic E-state index is -0.0556. The molecule has 2 heterocycles. The lowest BCUT2D eigenvalue weighted by molar-refractivity contribution is 1.23. The van der Waals surface area contributed by atoms with Gasteiger partial charge in [0.2, 0.25) is 0 Å². The second-order valence-electron chi connectivity index (χ2n) is 3.42. The third kappa shape index (κ3) is 2.39. The van der Waals surface area contributed by atoms with Crippen LogP contribution in [0.2, 0.25) is 4.34 Å². The Labute approximate surface area is 107 Å². The molecule has 2 aromatic heterocycles. The molecule has 80 valence electrons. The predicted molar refractivity (Wildman–Crippen MR) is 70.8 cm³/mol. The van der Waals surface area contributed by atoms with Crippen LogP contribution in [0.1, 0.15) is 25.6 Å². The van der Waals surface area contributed by atoms with E-state index in [1.54, 1.807) is 22.7 Å². The van der Waals surface area contributed by atoms with Gasteiger partial charge in [-0.25, -0.2) is 0 Å². The zero-order valence-electron chi connectivity index (χ0n) is 8.38. The number of rotatable bonds is 2.